The van der Waals surface area contributed by atoms with Crippen LogP contribution in [0.25, 0.3) is 33.7 Å². The number of imidazole rings is 2. The fraction of sp³-hybridized carbons (Fsp3) is 0.351. The first-order valence-corrected chi connectivity index (χ1v) is 17.8. The van der Waals surface area contributed by atoms with Crippen molar-refractivity contribution in [1.29, 1.82) is 0 Å². The molecule has 0 saturated heterocycles. The zero-order valence-corrected chi connectivity index (χ0v) is 30.9. The van der Waals surface area contributed by atoms with Crippen LogP contribution in [0.15, 0.2) is 61.2 Å². The fourth-order valence-corrected chi connectivity index (χ4v) is 6.24. The number of nitrogen functional groups attached to an aromatic ring is 1. The molecule has 2 saturated carbocycles. The van der Waals surface area contributed by atoms with Crippen molar-refractivity contribution in [1.82, 2.24) is 39.0 Å². The lowest BCUT2D eigenvalue weighted by molar-refractivity contribution is -0.146. The number of hydrogen-bond donors (Lipinski definition) is 3. The molecule has 306 valence electrons. The average Bonchev–Trinajstić information content (AvgIpc) is 3.93. The zero-order valence-electron chi connectivity index (χ0n) is 30.9. The van der Waals surface area contributed by atoms with Gasteiger partial charge in [0, 0.05) is 18.1 Å². The molecule has 0 bridgehead atoms. The summed E-state index contributed by atoms with van der Waals surface area (Å²) in [6.45, 7) is 0. The smallest absolute Gasteiger partial charge is 0.450 e. The van der Waals surface area contributed by atoms with E-state index in [4.69, 9.17) is 20.3 Å². The average molecular weight is 815 g/mol. The number of hydrogen-bond acceptors (Lipinski definition) is 11. The first-order valence-electron chi connectivity index (χ1n) is 17.8. The summed E-state index contributed by atoms with van der Waals surface area (Å²) < 4.78 is 92.3. The standard InChI is InChI=1S/C19H18F3N5O2.C13H10F3N5O.C5H8O2/c1-29-12-6-7-14-13(8-12)25-18(19(20,21)22)27(14)16-10-23-15(9-24-16)26-17(28)11-4-2-3-5-11;1-22-7-2-3-9-8(4-7)20-12(13(14,15)16)21(9)11-6-18-10(17)5-19-11;6-5(7)4-2-1-3-4/h6-11H,2-5H2,1H3,(H,23,26,28);2-6H,1H3,(H2,17,18);4H,1-3H2,(H,6,7). The van der Waals surface area contributed by atoms with Gasteiger partial charge in [-0.1, -0.05) is 19.3 Å². The van der Waals surface area contributed by atoms with E-state index in [1.54, 1.807) is 12.1 Å². The number of rotatable bonds is 7. The van der Waals surface area contributed by atoms with Gasteiger partial charge in [-0.3, -0.25) is 18.7 Å². The minimum absolute atomic E-state index is 0.000000000000000444. The summed E-state index contributed by atoms with van der Waals surface area (Å²) in [6, 6.07) is 8.90. The summed E-state index contributed by atoms with van der Waals surface area (Å²) in [6.07, 6.45) is 2.04. The molecule has 4 heterocycles. The zero-order chi connectivity index (χ0) is 41.8. The maximum absolute atomic E-state index is 13.6. The van der Waals surface area contributed by atoms with Crippen molar-refractivity contribution >= 4 is 45.6 Å². The van der Waals surface area contributed by atoms with E-state index in [1.165, 1.54) is 57.1 Å². The third-order valence-corrected chi connectivity index (χ3v) is 9.42. The number of anilines is 2. The normalized spacial score (nSPS) is 14.6. The van der Waals surface area contributed by atoms with Crippen LogP contribution < -0.4 is 20.5 Å². The number of carboxylic acids is 1. The van der Waals surface area contributed by atoms with Gasteiger partial charge >= 0.3 is 18.3 Å². The molecule has 21 heteroatoms. The number of ether oxygens (including phenoxy) is 2. The summed E-state index contributed by atoms with van der Waals surface area (Å²) in [7, 11) is 2.85. The van der Waals surface area contributed by atoms with Crippen LogP contribution in [0.1, 0.15) is 56.6 Å². The molecule has 0 atom stereocenters. The molecule has 0 unspecified atom stereocenters. The number of alkyl halides is 6. The molecule has 15 nitrogen and oxygen atoms in total. The minimum Gasteiger partial charge on any atom is -0.497 e. The SMILES string of the molecule is COc1ccc2c(c1)nc(C(F)(F)F)n2-c1cnc(N)cn1.COc1ccc2c(c1)nc(C(F)(F)F)n2-c1cnc(NC(=O)C2CCCC2)cn1.O=C(O)C1CCC1. The molecule has 2 aromatic carbocycles. The monoisotopic (exact) mass is 814 g/mol. The number of carbonyl (C=O) groups excluding carboxylic acids is 1. The second kappa shape index (κ2) is 16.9. The van der Waals surface area contributed by atoms with Gasteiger partial charge in [-0.2, -0.15) is 26.3 Å². The quantitative estimate of drug-likeness (QED) is 0.137. The van der Waals surface area contributed by atoms with Gasteiger partial charge in [0.1, 0.15) is 17.3 Å². The van der Waals surface area contributed by atoms with Crippen molar-refractivity contribution in [3.63, 3.8) is 0 Å². The highest BCUT2D eigenvalue weighted by molar-refractivity contribution is 5.91. The number of nitrogens with zero attached hydrogens (tertiary/aromatic N) is 8. The summed E-state index contributed by atoms with van der Waals surface area (Å²) >= 11 is 0. The van der Waals surface area contributed by atoms with E-state index >= 15 is 0 Å². The van der Waals surface area contributed by atoms with E-state index in [0.717, 1.165) is 60.3 Å². The summed E-state index contributed by atoms with van der Waals surface area (Å²) in [5.74, 6) is -1.96. The van der Waals surface area contributed by atoms with Gasteiger partial charge in [-0.15, -0.1) is 0 Å². The van der Waals surface area contributed by atoms with E-state index in [9.17, 15) is 35.9 Å². The number of methoxy groups -OCH3 is 2. The highest BCUT2D eigenvalue weighted by Gasteiger charge is 2.39. The predicted molar refractivity (Wildman–Crippen MR) is 196 cm³/mol. The molecular formula is C37H36F6N10O5. The topological polar surface area (TPSA) is 198 Å². The molecular weight excluding hydrogens is 778 g/mol. The molecule has 58 heavy (non-hydrogen) atoms. The Bertz CT molecular complexity index is 2390. The van der Waals surface area contributed by atoms with Gasteiger partial charge in [0.15, 0.2) is 17.5 Å². The van der Waals surface area contributed by atoms with Crippen LogP contribution in [0.4, 0.5) is 38.0 Å². The maximum Gasteiger partial charge on any atom is 0.450 e. The molecule has 0 radical (unpaired) electrons. The first-order chi connectivity index (χ1) is 27.6. The lowest BCUT2D eigenvalue weighted by Gasteiger charge is -2.19. The largest absolute Gasteiger partial charge is 0.497 e. The van der Waals surface area contributed by atoms with Crippen molar-refractivity contribution in [2.24, 2.45) is 11.8 Å². The number of nitrogens with one attached hydrogen (secondary N) is 1. The highest BCUT2D eigenvalue weighted by Crippen LogP contribution is 2.36. The van der Waals surface area contributed by atoms with Crippen LogP contribution >= 0.6 is 0 Å². The Morgan fingerprint density at radius 3 is 1.55 bits per heavy atom. The van der Waals surface area contributed by atoms with Crippen LogP contribution in [0.2, 0.25) is 0 Å². The van der Waals surface area contributed by atoms with Gasteiger partial charge in [-0.25, -0.2) is 29.9 Å². The van der Waals surface area contributed by atoms with E-state index in [0.29, 0.717) is 11.5 Å². The van der Waals surface area contributed by atoms with Crippen molar-refractivity contribution in [2.45, 2.75) is 57.3 Å². The van der Waals surface area contributed by atoms with Crippen LogP contribution in [0.5, 0.6) is 11.5 Å². The highest BCUT2D eigenvalue weighted by atomic mass is 19.4. The number of aliphatic carboxylic acids is 1. The van der Waals surface area contributed by atoms with E-state index in [-0.39, 0.29) is 63.1 Å². The van der Waals surface area contributed by atoms with E-state index < -0.39 is 30.0 Å². The van der Waals surface area contributed by atoms with Crippen molar-refractivity contribution in [3.8, 4) is 23.1 Å². The summed E-state index contributed by atoms with van der Waals surface area (Å²) in [5, 5.41) is 10.9. The number of benzene rings is 2. The van der Waals surface area contributed by atoms with Gasteiger partial charge in [0.2, 0.25) is 17.6 Å². The molecule has 2 fully saturated rings. The molecule has 1 amide bonds. The second-order valence-corrected chi connectivity index (χ2v) is 13.2. The minimum atomic E-state index is -4.69. The molecule has 0 spiro atoms. The van der Waals surface area contributed by atoms with Crippen LogP contribution in [0, 0.1) is 11.8 Å². The maximum atomic E-state index is 13.6. The number of carboxylic acid groups (broad SMARTS) is 1. The van der Waals surface area contributed by atoms with Gasteiger partial charge < -0.3 is 25.6 Å². The van der Waals surface area contributed by atoms with Crippen LogP contribution in [0.3, 0.4) is 0 Å². The molecule has 8 rings (SSSR count). The Labute approximate surface area is 325 Å². The molecule has 2 aliphatic carbocycles. The lowest BCUT2D eigenvalue weighted by atomic mass is 9.86. The fourth-order valence-electron chi connectivity index (χ4n) is 6.24. The first kappa shape index (κ1) is 41.1. The molecule has 4 N–H and O–H groups in total. The summed E-state index contributed by atoms with van der Waals surface area (Å²) in [4.78, 5) is 45.4. The van der Waals surface area contributed by atoms with Crippen molar-refractivity contribution in [2.75, 3.05) is 25.3 Å². The number of fused-ring (bicyclic) bond motifs is 2. The Balaban J connectivity index is 0.000000172. The van der Waals surface area contributed by atoms with E-state index in [2.05, 4.69) is 35.2 Å². The molecule has 0 aliphatic heterocycles. The van der Waals surface area contributed by atoms with Crippen LogP contribution in [-0.2, 0) is 21.9 Å². The van der Waals surface area contributed by atoms with Gasteiger partial charge in [0.05, 0.1) is 67.0 Å². The number of nitrogens with two attached hydrogens (primary N) is 1. The second-order valence-electron chi connectivity index (χ2n) is 13.2. The Kier molecular flexibility index (Phi) is 12.0. The van der Waals surface area contributed by atoms with Crippen molar-refractivity contribution < 1.29 is 50.5 Å². The Hall–Kier alpha value is -6.54. The number of carbonyl (C=O) groups is 2. The van der Waals surface area contributed by atoms with Gasteiger partial charge in [0.25, 0.3) is 0 Å². The molecule has 6 aromatic rings. The Morgan fingerprint density at radius 2 is 1.19 bits per heavy atom. The molecule has 4 aromatic heterocycles. The third kappa shape index (κ3) is 9.18. The summed E-state index contributed by atoms with van der Waals surface area (Å²) in [5.41, 5.74) is 6.14. The number of halogens is 6. The number of amides is 1. The molecule has 2 aliphatic rings. The third-order valence-electron chi connectivity index (χ3n) is 9.42. The van der Waals surface area contributed by atoms with E-state index in [1.807, 2.05) is 0 Å². The lowest BCUT2D eigenvalue weighted by Crippen LogP contribution is -2.21. The predicted octanol–water partition coefficient (Wildman–Crippen LogP) is 7.27. The number of aromatic nitrogens is 8. The van der Waals surface area contributed by atoms with Crippen molar-refractivity contribution in [3.05, 3.63) is 72.8 Å². The van der Waals surface area contributed by atoms with Crippen LogP contribution in [-0.4, -0.2) is 70.2 Å². The Morgan fingerprint density at radius 1 is 0.707 bits per heavy atom. The van der Waals surface area contributed by atoms with Gasteiger partial charge in [-0.05, 0) is 49.9 Å².